The van der Waals surface area contributed by atoms with Crippen LogP contribution in [0.3, 0.4) is 0 Å². The van der Waals surface area contributed by atoms with E-state index in [1.54, 1.807) is 31.2 Å². The SMILES string of the molecule is COc1cccc(CN(C(=O)CN(c2cc([N+](=O)[O-])ccc2C)S(C)(=O)=O)[C@H](Cc2ccccc2)C(=O)NC(C)(C)C)c1. The summed E-state index contributed by atoms with van der Waals surface area (Å²) in [6, 6.07) is 19.0. The van der Waals surface area contributed by atoms with Gasteiger partial charge >= 0.3 is 0 Å². The summed E-state index contributed by atoms with van der Waals surface area (Å²) in [5.41, 5.74) is 0.956. The van der Waals surface area contributed by atoms with E-state index in [1.165, 1.54) is 24.1 Å². The van der Waals surface area contributed by atoms with Crippen molar-refractivity contribution < 1.29 is 27.7 Å². The number of non-ortho nitro benzene ring substituents is 1. The highest BCUT2D eigenvalue weighted by atomic mass is 32.2. The highest BCUT2D eigenvalue weighted by molar-refractivity contribution is 7.92. The van der Waals surface area contributed by atoms with Crippen LogP contribution in [0.4, 0.5) is 11.4 Å². The summed E-state index contributed by atoms with van der Waals surface area (Å²) in [5, 5.41) is 14.4. The van der Waals surface area contributed by atoms with Crippen LogP contribution in [-0.2, 0) is 32.6 Å². The first-order chi connectivity index (χ1) is 20.1. The molecular weight excluding hydrogens is 572 g/mol. The zero-order valence-electron chi connectivity index (χ0n) is 25.2. The second kappa shape index (κ2) is 13.7. The van der Waals surface area contributed by atoms with Crippen molar-refractivity contribution in [3.8, 4) is 5.75 Å². The maximum Gasteiger partial charge on any atom is 0.271 e. The van der Waals surface area contributed by atoms with Crippen molar-refractivity contribution in [1.82, 2.24) is 10.2 Å². The topological polar surface area (TPSA) is 139 Å². The van der Waals surface area contributed by atoms with Crippen molar-refractivity contribution in [2.45, 2.75) is 52.2 Å². The third kappa shape index (κ3) is 9.27. The van der Waals surface area contributed by atoms with Gasteiger partial charge in [0.2, 0.25) is 21.8 Å². The molecule has 0 bridgehead atoms. The van der Waals surface area contributed by atoms with Crippen molar-refractivity contribution in [2.75, 3.05) is 24.2 Å². The van der Waals surface area contributed by atoms with Gasteiger partial charge in [0.25, 0.3) is 5.69 Å². The molecule has 3 aromatic rings. The van der Waals surface area contributed by atoms with Crippen LogP contribution >= 0.6 is 0 Å². The molecule has 3 rings (SSSR count). The lowest BCUT2D eigenvalue weighted by molar-refractivity contribution is -0.384. The molecule has 0 aliphatic carbocycles. The molecule has 0 heterocycles. The standard InChI is InChI=1S/C31H38N4O7S/c1-22-15-16-25(35(38)39)19-27(22)34(43(6,40)41)21-29(36)33(20-24-13-10-14-26(17-24)42-5)28(30(37)32-31(2,3)4)18-23-11-8-7-9-12-23/h7-17,19,28H,18,20-21H2,1-6H3,(H,32,37)/t28-/m1/s1. The maximum atomic E-state index is 14.2. The molecule has 1 atom stereocenters. The van der Waals surface area contributed by atoms with Crippen molar-refractivity contribution in [3.63, 3.8) is 0 Å². The molecule has 11 nitrogen and oxygen atoms in total. The minimum Gasteiger partial charge on any atom is -0.497 e. The predicted octanol–water partition coefficient (Wildman–Crippen LogP) is 4.23. The molecule has 12 heteroatoms. The number of nitro groups is 1. The van der Waals surface area contributed by atoms with Crippen LogP contribution in [0.15, 0.2) is 72.8 Å². The Bertz CT molecular complexity index is 1570. The number of ether oxygens (including phenoxy) is 1. The van der Waals surface area contributed by atoms with Gasteiger partial charge in [0, 0.05) is 30.6 Å². The van der Waals surface area contributed by atoms with Crippen molar-refractivity contribution >= 4 is 33.2 Å². The third-order valence-electron chi connectivity index (χ3n) is 6.61. The van der Waals surface area contributed by atoms with Gasteiger partial charge in [0.15, 0.2) is 0 Å². The van der Waals surface area contributed by atoms with E-state index >= 15 is 0 Å². The molecule has 0 aromatic heterocycles. The van der Waals surface area contributed by atoms with E-state index in [9.17, 15) is 28.1 Å². The van der Waals surface area contributed by atoms with Gasteiger partial charge in [0.1, 0.15) is 18.3 Å². The first-order valence-electron chi connectivity index (χ1n) is 13.6. The second-order valence-electron chi connectivity index (χ2n) is 11.3. The van der Waals surface area contributed by atoms with E-state index in [-0.39, 0.29) is 24.3 Å². The number of rotatable bonds is 12. The minimum absolute atomic E-state index is 0.00475. The summed E-state index contributed by atoms with van der Waals surface area (Å²) in [6.07, 6.45) is 1.09. The van der Waals surface area contributed by atoms with Gasteiger partial charge in [-0.2, -0.15) is 0 Å². The first kappa shape index (κ1) is 33.1. The Hall–Kier alpha value is -4.45. The van der Waals surface area contributed by atoms with E-state index in [4.69, 9.17) is 4.74 Å². The Morgan fingerprint density at radius 2 is 1.65 bits per heavy atom. The van der Waals surface area contributed by atoms with E-state index in [1.807, 2.05) is 51.1 Å². The Morgan fingerprint density at radius 3 is 2.23 bits per heavy atom. The van der Waals surface area contributed by atoms with Crippen molar-refractivity contribution in [3.05, 3.63) is 99.6 Å². The zero-order chi connectivity index (χ0) is 31.9. The summed E-state index contributed by atoms with van der Waals surface area (Å²) < 4.78 is 32.3. The smallest absolute Gasteiger partial charge is 0.271 e. The fourth-order valence-electron chi connectivity index (χ4n) is 4.55. The third-order valence-corrected chi connectivity index (χ3v) is 7.73. The van der Waals surface area contributed by atoms with Gasteiger partial charge in [-0.15, -0.1) is 0 Å². The summed E-state index contributed by atoms with van der Waals surface area (Å²) in [4.78, 5) is 40.3. The van der Waals surface area contributed by atoms with Gasteiger partial charge in [-0.3, -0.25) is 24.0 Å². The number of hydrogen-bond donors (Lipinski definition) is 1. The number of carbonyl (C=O) groups is 2. The molecule has 0 radical (unpaired) electrons. The second-order valence-corrected chi connectivity index (χ2v) is 13.2. The molecule has 230 valence electrons. The van der Waals surface area contributed by atoms with Gasteiger partial charge in [-0.05, 0) is 56.5 Å². The van der Waals surface area contributed by atoms with Crippen LogP contribution in [0.1, 0.15) is 37.5 Å². The Kier molecular flexibility index (Phi) is 10.5. The van der Waals surface area contributed by atoms with Gasteiger partial charge in [-0.25, -0.2) is 8.42 Å². The number of aryl methyl sites for hydroxylation is 1. The average molecular weight is 611 g/mol. The van der Waals surface area contributed by atoms with E-state index in [0.717, 1.165) is 22.2 Å². The molecule has 2 amide bonds. The van der Waals surface area contributed by atoms with E-state index in [0.29, 0.717) is 16.9 Å². The lowest BCUT2D eigenvalue weighted by Crippen LogP contribution is -2.56. The summed E-state index contributed by atoms with van der Waals surface area (Å²) in [5.74, 6) is -0.525. The number of nitrogens with one attached hydrogen (secondary N) is 1. The normalized spacial score (nSPS) is 12.2. The Morgan fingerprint density at radius 1 is 1.00 bits per heavy atom. The highest BCUT2D eigenvalue weighted by Crippen LogP contribution is 2.28. The fraction of sp³-hybridized carbons (Fsp3) is 0.355. The van der Waals surface area contributed by atoms with Gasteiger partial charge in [0.05, 0.1) is 24.0 Å². The largest absolute Gasteiger partial charge is 0.497 e. The molecule has 0 saturated carbocycles. The number of benzene rings is 3. The lowest BCUT2D eigenvalue weighted by atomic mass is 10.0. The summed E-state index contributed by atoms with van der Waals surface area (Å²) in [6.45, 7) is 6.37. The van der Waals surface area contributed by atoms with E-state index < -0.39 is 44.9 Å². The van der Waals surface area contributed by atoms with Gasteiger partial charge in [-0.1, -0.05) is 48.5 Å². The molecule has 3 aromatic carbocycles. The van der Waals surface area contributed by atoms with Crippen LogP contribution in [0.2, 0.25) is 0 Å². The molecule has 43 heavy (non-hydrogen) atoms. The van der Waals surface area contributed by atoms with Gasteiger partial charge < -0.3 is 15.0 Å². The van der Waals surface area contributed by atoms with Crippen molar-refractivity contribution in [2.24, 2.45) is 0 Å². The van der Waals surface area contributed by atoms with Crippen LogP contribution < -0.4 is 14.4 Å². The number of carbonyl (C=O) groups excluding carboxylic acids is 2. The predicted molar refractivity (Wildman–Crippen MR) is 165 cm³/mol. The summed E-state index contributed by atoms with van der Waals surface area (Å²) in [7, 11) is -2.57. The number of sulfonamides is 1. The number of anilines is 1. The molecule has 0 unspecified atom stereocenters. The van der Waals surface area contributed by atoms with E-state index in [2.05, 4.69) is 5.32 Å². The molecule has 1 N–H and O–H groups in total. The minimum atomic E-state index is -4.09. The highest BCUT2D eigenvalue weighted by Gasteiger charge is 2.35. The lowest BCUT2D eigenvalue weighted by Gasteiger charge is -2.35. The van der Waals surface area contributed by atoms with Crippen LogP contribution in [-0.4, -0.2) is 61.5 Å². The van der Waals surface area contributed by atoms with Crippen molar-refractivity contribution in [1.29, 1.82) is 0 Å². The zero-order valence-corrected chi connectivity index (χ0v) is 26.1. The number of amides is 2. The molecular formula is C31H38N4O7S. The molecule has 0 spiro atoms. The average Bonchev–Trinajstić information content (AvgIpc) is 2.93. The number of nitro benzene ring substituents is 1. The Balaban J connectivity index is 2.14. The van der Waals surface area contributed by atoms with Crippen LogP contribution in [0.5, 0.6) is 5.75 Å². The fourth-order valence-corrected chi connectivity index (χ4v) is 5.45. The van der Waals surface area contributed by atoms with Crippen LogP contribution in [0.25, 0.3) is 0 Å². The molecule has 0 fully saturated rings. The maximum absolute atomic E-state index is 14.2. The summed E-state index contributed by atoms with van der Waals surface area (Å²) >= 11 is 0. The molecule has 0 aliphatic rings. The number of nitrogens with zero attached hydrogens (tertiary/aromatic N) is 3. The monoisotopic (exact) mass is 610 g/mol. The molecule has 0 aliphatic heterocycles. The Labute approximate surface area is 252 Å². The molecule has 0 saturated heterocycles. The number of hydrogen-bond acceptors (Lipinski definition) is 7. The number of methoxy groups -OCH3 is 1. The quantitative estimate of drug-likeness (QED) is 0.239. The first-order valence-corrected chi connectivity index (χ1v) is 15.4. The van der Waals surface area contributed by atoms with Crippen LogP contribution in [0, 0.1) is 17.0 Å².